The predicted molar refractivity (Wildman–Crippen MR) is 72.1 cm³/mol. The molecule has 2 N–H and O–H groups in total. The third-order valence-corrected chi connectivity index (χ3v) is 3.61. The van der Waals surface area contributed by atoms with Crippen molar-refractivity contribution in [2.24, 2.45) is 5.92 Å². The minimum absolute atomic E-state index is 0.145. The van der Waals surface area contributed by atoms with E-state index >= 15 is 0 Å². The lowest BCUT2D eigenvalue weighted by Crippen LogP contribution is -2.30. The number of hydrogen-bond acceptors (Lipinski definition) is 2. The molecule has 0 aliphatic heterocycles. The lowest BCUT2D eigenvalue weighted by Gasteiger charge is -2.10. The van der Waals surface area contributed by atoms with Crippen LogP contribution in [0.4, 0.5) is 0 Å². The van der Waals surface area contributed by atoms with Crippen LogP contribution < -0.4 is 5.32 Å². The number of carbonyl (C=O) groups is 2. The summed E-state index contributed by atoms with van der Waals surface area (Å²) in [5, 5.41) is 11.8. The number of aromatic carboxylic acids is 1. The molecule has 1 aliphatic carbocycles. The molecule has 2 rings (SSSR count). The van der Waals surface area contributed by atoms with Gasteiger partial charge in [0.2, 0.25) is 5.91 Å². The Morgan fingerprint density at radius 2 is 2.00 bits per heavy atom. The van der Waals surface area contributed by atoms with Crippen LogP contribution in [0, 0.1) is 5.92 Å². The van der Waals surface area contributed by atoms with E-state index in [-0.39, 0.29) is 11.8 Å². The lowest BCUT2D eigenvalue weighted by molar-refractivity contribution is -0.124. The Labute approximate surface area is 112 Å². The molecular weight excluding hydrogens is 242 g/mol. The average molecular weight is 261 g/mol. The van der Waals surface area contributed by atoms with E-state index in [0.717, 1.165) is 31.2 Å². The quantitative estimate of drug-likeness (QED) is 0.854. The van der Waals surface area contributed by atoms with Gasteiger partial charge in [0, 0.05) is 12.5 Å². The van der Waals surface area contributed by atoms with Crippen molar-refractivity contribution in [2.75, 3.05) is 6.54 Å². The van der Waals surface area contributed by atoms with Crippen molar-refractivity contribution >= 4 is 11.9 Å². The average Bonchev–Trinajstić information content (AvgIpc) is 2.93. The third kappa shape index (κ3) is 3.81. The van der Waals surface area contributed by atoms with Gasteiger partial charge in [0.15, 0.2) is 0 Å². The number of rotatable bonds is 5. The normalized spacial score (nSPS) is 15.4. The number of carboxylic acid groups (broad SMARTS) is 1. The Bertz CT molecular complexity index is 464. The van der Waals surface area contributed by atoms with Crippen LogP contribution in [0.15, 0.2) is 24.3 Å². The molecule has 0 aromatic heterocycles. The standard InChI is InChI=1S/C15H19NO3/c17-14(12-5-1-2-6-12)16-9-8-11-4-3-7-13(10-11)15(18)19/h3-4,7,10,12H,1-2,5-6,8-9H2,(H,16,17)(H,18,19). The van der Waals surface area contributed by atoms with Gasteiger partial charge in [-0.3, -0.25) is 4.79 Å². The van der Waals surface area contributed by atoms with Gasteiger partial charge in [-0.05, 0) is 37.0 Å². The molecule has 0 heterocycles. The molecule has 1 amide bonds. The molecule has 1 aromatic rings. The maximum atomic E-state index is 11.8. The Balaban J connectivity index is 1.80. The van der Waals surface area contributed by atoms with E-state index in [0.29, 0.717) is 18.5 Å². The summed E-state index contributed by atoms with van der Waals surface area (Å²) in [5.41, 5.74) is 1.23. The van der Waals surface area contributed by atoms with Crippen molar-refractivity contribution in [2.45, 2.75) is 32.1 Å². The smallest absolute Gasteiger partial charge is 0.335 e. The first-order chi connectivity index (χ1) is 9.16. The van der Waals surface area contributed by atoms with Gasteiger partial charge in [0.05, 0.1) is 5.56 Å². The molecule has 0 spiro atoms. The SMILES string of the molecule is O=C(O)c1cccc(CCNC(=O)C2CCCC2)c1. The zero-order valence-electron chi connectivity index (χ0n) is 10.9. The highest BCUT2D eigenvalue weighted by Gasteiger charge is 2.21. The summed E-state index contributed by atoms with van der Waals surface area (Å²) in [5.74, 6) is -0.589. The number of carboxylic acids is 1. The molecule has 1 aromatic carbocycles. The van der Waals surface area contributed by atoms with Gasteiger partial charge in [-0.15, -0.1) is 0 Å². The van der Waals surface area contributed by atoms with E-state index in [4.69, 9.17) is 5.11 Å². The van der Waals surface area contributed by atoms with E-state index in [1.807, 2.05) is 6.07 Å². The number of hydrogen-bond donors (Lipinski definition) is 2. The van der Waals surface area contributed by atoms with E-state index in [2.05, 4.69) is 5.32 Å². The molecule has 19 heavy (non-hydrogen) atoms. The molecule has 4 heteroatoms. The first-order valence-corrected chi connectivity index (χ1v) is 6.77. The minimum Gasteiger partial charge on any atom is -0.478 e. The van der Waals surface area contributed by atoms with Gasteiger partial charge in [-0.2, -0.15) is 0 Å². The second-order valence-corrected chi connectivity index (χ2v) is 5.03. The highest BCUT2D eigenvalue weighted by molar-refractivity contribution is 5.87. The maximum Gasteiger partial charge on any atom is 0.335 e. The lowest BCUT2D eigenvalue weighted by atomic mass is 10.1. The molecule has 0 saturated heterocycles. The first-order valence-electron chi connectivity index (χ1n) is 6.77. The number of benzene rings is 1. The fraction of sp³-hybridized carbons (Fsp3) is 0.467. The summed E-state index contributed by atoms with van der Waals surface area (Å²) in [6.45, 7) is 0.568. The first kappa shape index (κ1) is 13.6. The minimum atomic E-state index is -0.920. The fourth-order valence-corrected chi connectivity index (χ4v) is 2.52. The van der Waals surface area contributed by atoms with Gasteiger partial charge in [0.1, 0.15) is 0 Å². The summed E-state index contributed by atoms with van der Waals surface area (Å²) >= 11 is 0. The molecule has 0 unspecified atom stereocenters. The van der Waals surface area contributed by atoms with Crippen LogP contribution in [0.5, 0.6) is 0 Å². The Hall–Kier alpha value is -1.84. The zero-order valence-corrected chi connectivity index (χ0v) is 10.9. The molecule has 0 atom stereocenters. The molecule has 4 nitrogen and oxygen atoms in total. The monoisotopic (exact) mass is 261 g/mol. The van der Waals surface area contributed by atoms with Crippen LogP contribution in [-0.2, 0) is 11.2 Å². The number of amides is 1. The summed E-state index contributed by atoms with van der Waals surface area (Å²) < 4.78 is 0. The van der Waals surface area contributed by atoms with Crippen molar-refractivity contribution in [3.63, 3.8) is 0 Å². The van der Waals surface area contributed by atoms with E-state index in [9.17, 15) is 9.59 Å². The number of carbonyl (C=O) groups excluding carboxylic acids is 1. The van der Waals surface area contributed by atoms with Crippen LogP contribution in [0.3, 0.4) is 0 Å². The van der Waals surface area contributed by atoms with Crippen molar-refractivity contribution in [1.82, 2.24) is 5.32 Å². The van der Waals surface area contributed by atoms with Gasteiger partial charge in [-0.25, -0.2) is 4.79 Å². The molecule has 102 valence electrons. The molecule has 0 bridgehead atoms. The van der Waals surface area contributed by atoms with Crippen LogP contribution in [0.2, 0.25) is 0 Å². The summed E-state index contributed by atoms with van der Waals surface area (Å²) in [4.78, 5) is 22.6. The van der Waals surface area contributed by atoms with Crippen LogP contribution >= 0.6 is 0 Å². The largest absolute Gasteiger partial charge is 0.478 e. The third-order valence-electron chi connectivity index (χ3n) is 3.61. The molecular formula is C15H19NO3. The van der Waals surface area contributed by atoms with Gasteiger partial charge < -0.3 is 10.4 Å². The molecule has 1 fully saturated rings. The second kappa shape index (κ2) is 6.36. The Morgan fingerprint density at radius 1 is 1.26 bits per heavy atom. The fourth-order valence-electron chi connectivity index (χ4n) is 2.52. The molecule has 0 radical (unpaired) electrons. The molecule has 1 saturated carbocycles. The van der Waals surface area contributed by atoms with Gasteiger partial charge in [0.25, 0.3) is 0 Å². The van der Waals surface area contributed by atoms with E-state index in [1.54, 1.807) is 18.2 Å². The predicted octanol–water partition coefficient (Wildman–Crippen LogP) is 2.23. The summed E-state index contributed by atoms with van der Waals surface area (Å²) in [7, 11) is 0. The second-order valence-electron chi connectivity index (χ2n) is 5.03. The highest BCUT2D eigenvalue weighted by Crippen LogP contribution is 2.24. The van der Waals surface area contributed by atoms with E-state index < -0.39 is 5.97 Å². The summed E-state index contributed by atoms with van der Waals surface area (Å²) in [6, 6.07) is 6.85. The maximum absolute atomic E-state index is 11.8. The molecule has 1 aliphatic rings. The van der Waals surface area contributed by atoms with Crippen LogP contribution in [0.1, 0.15) is 41.6 Å². The zero-order chi connectivity index (χ0) is 13.7. The Morgan fingerprint density at radius 3 is 2.68 bits per heavy atom. The van der Waals surface area contributed by atoms with Gasteiger partial charge in [-0.1, -0.05) is 25.0 Å². The van der Waals surface area contributed by atoms with Crippen molar-refractivity contribution < 1.29 is 14.7 Å². The van der Waals surface area contributed by atoms with Crippen molar-refractivity contribution in [3.8, 4) is 0 Å². The summed E-state index contributed by atoms with van der Waals surface area (Å²) in [6.07, 6.45) is 4.97. The highest BCUT2D eigenvalue weighted by atomic mass is 16.4. The van der Waals surface area contributed by atoms with Crippen molar-refractivity contribution in [3.05, 3.63) is 35.4 Å². The number of nitrogens with one attached hydrogen (secondary N) is 1. The topological polar surface area (TPSA) is 66.4 Å². The van der Waals surface area contributed by atoms with E-state index in [1.165, 1.54) is 0 Å². The van der Waals surface area contributed by atoms with Crippen molar-refractivity contribution in [1.29, 1.82) is 0 Å². The van der Waals surface area contributed by atoms with Gasteiger partial charge >= 0.3 is 5.97 Å². The Kier molecular flexibility index (Phi) is 4.55. The van der Waals surface area contributed by atoms with Crippen LogP contribution in [0.25, 0.3) is 0 Å². The van der Waals surface area contributed by atoms with Crippen LogP contribution in [-0.4, -0.2) is 23.5 Å².